The average molecular weight is 453 g/mol. The Hall–Kier alpha value is -3.81. The molecule has 8 nitrogen and oxygen atoms in total. The predicted octanol–water partition coefficient (Wildman–Crippen LogP) is 3.39. The summed E-state index contributed by atoms with van der Waals surface area (Å²) in [6.07, 6.45) is 0. The van der Waals surface area contributed by atoms with Crippen LogP contribution in [0.15, 0.2) is 65.9 Å². The van der Waals surface area contributed by atoms with Gasteiger partial charge < -0.3 is 24.8 Å². The summed E-state index contributed by atoms with van der Waals surface area (Å²) in [5.41, 5.74) is 0.877. The number of carbonyl (C=O) groups is 3. The highest BCUT2D eigenvalue weighted by molar-refractivity contribution is 5.95. The van der Waals surface area contributed by atoms with Gasteiger partial charge in [0.1, 0.15) is 12.4 Å². The maximum Gasteiger partial charge on any atom is 0.338 e. The van der Waals surface area contributed by atoms with Crippen LogP contribution >= 0.6 is 0 Å². The highest BCUT2D eigenvalue weighted by atomic mass is 16.5. The van der Waals surface area contributed by atoms with Gasteiger partial charge in [-0.2, -0.15) is 0 Å². The number of ether oxygens (including phenoxy) is 3. The summed E-state index contributed by atoms with van der Waals surface area (Å²) in [5.74, 6) is -0.463. The molecule has 1 aliphatic heterocycles. The molecular formula is C25H28N2O6. The van der Waals surface area contributed by atoms with Gasteiger partial charge in [-0.1, -0.05) is 42.5 Å². The van der Waals surface area contributed by atoms with Gasteiger partial charge in [-0.05, 0) is 44.0 Å². The molecule has 1 unspecified atom stereocenters. The second-order valence-corrected chi connectivity index (χ2v) is 7.98. The number of carbonyl (C=O) groups excluding carboxylic acids is 3. The Morgan fingerprint density at radius 2 is 1.67 bits per heavy atom. The van der Waals surface area contributed by atoms with Crippen LogP contribution in [0, 0.1) is 0 Å². The van der Waals surface area contributed by atoms with Gasteiger partial charge in [-0.15, -0.1) is 0 Å². The number of amides is 2. The van der Waals surface area contributed by atoms with Crippen LogP contribution in [0.5, 0.6) is 5.75 Å². The summed E-state index contributed by atoms with van der Waals surface area (Å²) in [4.78, 5) is 38.2. The van der Waals surface area contributed by atoms with E-state index >= 15 is 0 Å². The van der Waals surface area contributed by atoms with Crippen molar-refractivity contribution in [3.63, 3.8) is 0 Å². The van der Waals surface area contributed by atoms with Crippen LogP contribution in [-0.2, 0) is 24.5 Å². The Balaban J connectivity index is 1.91. The highest BCUT2D eigenvalue weighted by Gasteiger charge is 2.36. The molecule has 0 saturated heterocycles. The summed E-state index contributed by atoms with van der Waals surface area (Å²) in [7, 11) is 1.55. The van der Waals surface area contributed by atoms with E-state index in [0.29, 0.717) is 11.3 Å². The fourth-order valence-corrected chi connectivity index (χ4v) is 3.52. The Labute approximate surface area is 192 Å². The van der Waals surface area contributed by atoms with E-state index in [1.165, 1.54) is 0 Å². The molecule has 0 fully saturated rings. The molecule has 2 aromatic rings. The summed E-state index contributed by atoms with van der Waals surface area (Å²) in [5, 5.41) is 5.34. The summed E-state index contributed by atoms with van der Waals surface area (Å²) < 4.78 is 16.0. The number of esters is 2. The zero-order chi connectivity index (χ0) is 24.0. The van der Waals surface area contributed by atoms with E-state index in [2.05, 4.69) is 10.6 Å². The van der Waals surface area contributed by atoms with Gasteiger partial charge in [0, 0.05) is 0 Å². The lowest BCUT2D eigenvalue weighted by Crippen LogP contribution is -2.47. The van der Waals surface area contributed by atoms with Crippen LogP contribution in [0.25, 0.3) is 0 Å². The van der Waals surface area contributed by atoms with Crippen LogP contribution in [0.3, 0.4) is 0 Å². The Morgan fingerprint density at radius 3 is 2.27 bits per heavy atom. The molecule has 2 aromatic carbocycles. The summed E-state index contributed by atoms with van der Waals surface area (Å²) in [6, 6.07) is 14.9. The van der Waals surface area contributed by atoms with Crippen LogP contribution in [-0.4, -0.2) is 38.3 Å². The van der Waals surface area contributed by atoms with E-state index in [0.717, 1.165) is 5.56 Å². The van der Waals surface area contributed by atoms with Crippen molar-refractivity contribution in [3.05, 3.63) is 77.0 Å². The number of methoxy groups -OCH3 is 1. The SMILES string of the molecule is CCOC(=O)C1=C(COC(=O)C(C)(C)c2ccccc2)NC(=O)NC1c1ccc(OC)cc1. The molecule has 33 heavy (non-hydrogen) atoms. The number of hydrogen-bond donors (Lipinski definition) is 2. The van der Waals surface area contributed by atoms with Crippen LogP contribution < -0.4 is 15.4 Å². The molecule has 0 bridgehead atoms. The van der Waals surface area contributed by atoms with Crippen molar-refractivity contribution >= 4 is 18.0 Å². The molecule has 174 valence electrons. The molecule has 1 aliphatic rings. The Kier molecular flexibility index (Phi) is 7.37. The van der Waals surface area contributed by atoms with E-state index in [1.54, 1.807) is 52.1 Å². The third-order valence-electron chi connectivity index (χ3n) is 5.45. The smallest absolute Gasteiger partial charge is 0.338 e. The van der Waals surface area contributed by atoms with Crippen molar-refractivity contribution in [3.8, 4) is 5.75 Å². The number of rotatable bonds is 8. The number of hydrogen-bond acceptors (Lipinski definition) is 6. The third-order valence-corrected chi connectivity index (χ3v) is 5.45. The normalized spacial score (nSPS) is 15.9. The topological polar surface area (TPSA) is 103 Å². The largest absolute Gasteiger partial charge is 0.497 e. The molecule has 0 aromatic heterocycles. The minimum Gasteiger partial charge on any atom is -0.497 e. The van der Waals surface area contributed by atoms with Crippen molar-refractivity contribution in [1.29, 1.82) is 0 Å². The maximum absolute atomic E-state index is 12.9. The van der Waals surface area contributed by atoms with Gasteiger partial charge in [0.25, 0.3) is 0 Å². The number of urea groups is 1. The predicted molar refractivity (Wildman–Crippen MR) is 121 cm³/mol. The minimum absolute atomic E-state index is 0.152. The zero-order valence-electron chi connectivity index (χ0n) is 19.1. The molecule has 0 saturated carbocycles. The van der Waals surface area contributed by atoms with Crippen molar-refractivity contribution in [2.24, 2.45) is 0 Å². The maximum atomic E-state index is 12.9. The molecule has 2 N–H and O–H groups in total. The number of nitrogens with one attached hydrogen (secondary N) is 2. The summed E-state index contributed by atoms with van der Waals surface area (Å²) in [6.45, 7) is 5.07. The monoisotopic (exact) mass is 452 g/mol. The number of benzene rings is 2. The first kappa shape index (κ1) is 23.8. The van der Waals surface area contributed by atoms with Crippen LogP contribution in [0.4, 0.5) is 4.79 Å². The molecular weight excluding hydrogens is 424 g/mol. The van der Waals surface area contributed by atoms with Gasteiger partial charge in [-0.25, -0.2) is 9.59 Å². The van der Waals surface area contributed by atoms with Crippen LogP contribution in [0.2, 0.25) is 0 Å². The van der Waals surface area contributed by atoms with Gasteiger partial charge >= 0.3 is 18.0 Å². The summed E-state index contributed by atoms with van der Waals surface area (Å²) >= 11 is 0. The lowest BCUT2D eigenvalue weighted by Gasteiger charge is -2.30. The molecule has 0 spiro atoms. The Morgan fingerprint density at radius 1 is 1.00 bits per heavy atom. The van der Waals surface area contributed by atoms with Crippen molar-refractivity contribution in [1.82, 2.24) is 10.6 Å². The standard InChI is InChI=1S/C25H28N2O6/c1-5-32-22(28)20-19(15-33-23(29)25(2,3)17-9-7-6-8-10-17)26-24(30)27-21(20)16-11-13-18(31-4)14-12-16/h6-14,21H,5,15H2,1-4H3,(H2,26,27,30). The van der Waals surface area contributed by atoms with E-state index in [-0.39, 0.29) is 24.5 Å². The van der Waals surface area contributed by atoms with Crippen LogP contribution in [0.1, 0.15) is 37.9 Å². The van der Waals surface area contributed by atoms with Gasteiger partial charge in [-0.3, -0.25) is 4.79 Å². The second kappa shape index (κ2) is 10.2. The van der Waals surface area contributed by atoms with E-state index in [1.807, 2.05) is 30.3 Å². The lowest BCUT2D eigenvalue weighted by atomic mass is 9.85. The molecule has 3 rings (SSSR count). The van der Waals surface area contributed by atoms with Crippen molar-refractivity contribution < 1.29 is 28.6 Å². The molecule has 8 heteroatoms. The average Bonchev–Trinajstić information content (AvgIpc) is 2.82. The van der Waals surface area contributed by atoms with E-state index in [9.17, 15) is 14.4 Å². The first-order chi connectivity index (χ1) is 15.8. The lowest BCUT2D eigenvalue weighted by molar-refractivity contribution is -0.149. The minimum atomic E-state index is -0.918. The van der Waals surface area contributed by atoms with E-state index in [4.69, 9.17) is 14.2 Å². The fraction of sp³-hybridized carbons (Fsp3) is 0.320. The van der Waals surface area contributed by atoms with Crippen molar-refractivity contribution in [2.75, 3.05) is 20.3 Å². The molecule has 1 atom stereocenters. The van der Waals surface area contributed by atoms with Gasteiger partial charge in [0.2, 0.25) is 0 Å². The second-order valence-electron chi connectivity index (χ2n) is 7.98. The molecule has 0 aliphatic carbocycles. The first-order valence-corrected chi connectivity index (χ1v) is 10.6. The van der Waals surface area contributed by atoms with E-state index < -0.39 is 29.4 Å². The Bertz CT molecular complexity index is 1040. The quantitative estimate of drug-likeness (QED) is 0.595. The first-order valence-electron chi connectivity index (χ1n) is 10.6. The molecule has 1 heterocycles. The highest BCUT2D eigenvalue weighted by Crippen LogP contribution is 2.30. The fourth-order valence-electron chi connectivity index (χ4n) is 3.52. The molecule has 0 radical (unpaired) electrons. The van der Waals surface area contributed by atoms with Gasteiger partial charge in [0.15, 0.2) is 0 Å². The van der Waals surface area contributed by atoms with Crippen molar-refractivity contribution in [2.45, 2.75) is 32.2 Å². The van der Waals surface area contributed by atoms with Gasteiger partial charge in [0.05, 0.1) is 36.4 Å². The molecule has 2 amide bonds. The third kappa shape index (κ3) is 5.34. The zero-order valence-corrected chi connectivity index (χ0v) is 19.1.